The average Bonchev–Trinajstić information content (AvgIpc) is 3.04. The van der Waals surface area contributed by atoms with E-state index in [-0.39, 0.29) is 4.90 Å². The van der Waals surface area contributed by atoms with Crippen LogP contribution < -0.4 is 10.2 Å². The van der Waals surface area contributed by atoms with Crippen LogP contribution in [0.1, 0.15) is 38.2 Å². The summed E-state index contributed by atoms with van der Waals surface area (Å²) in [7, 11) is -3.59. The van der Waals surface area contributed by atoms with Crippen LogP contribution in [-0.2, 0) is 19.6 Å². The van der Waals surface area contributed by atoms with Gasteiger partial charge in [-0.05, 0) is 63.1 Å². The Morgan fingerprint density at radius 1 is 0.943 bits per heavy atom. The number of imide groups is 1. The summed E-state index contributed by atoms with van der Waals surface area (Å²) in [5, 5.41) is 2.64. The number of sulfonamides is 1. The van der Waals surface area contributed by atoms with Gasteiger partial charge in [0.2, 0.25) is 15.9 Å². The van der Waals surface area contributed by atoms with Gasteiger partial charge in [0.25, 0.3) is 5.91 Å². The number of nitrogens with zero attached hydrogens (tertiary/aromatic N) is 3. The summed E-state index contributed by atoms with van der Waals surface area (Å²) in [6, 6.07) is 11.9. The van der Waals surface area contributed by atoms with Crippen molar-refractivity contribution in [2.24, 2.45) is 0 Å². The molecule has 4 amide bonds. The number of nitrogens with one attached hydrogen (secondary N) is 1. The summed E-state index contributed by atoms with van der Waals surface area (Å²) in [6.45, 7) is 4.14. The molecule has 1 atom stereocenters. The van der Waals surface area contributed by atoms with Crippen molar-refractivity contribution in [1.82, 2.24) is 9.21 Å². The highest BCUT2D eigenvalue weighted by atomic mass is 32.2. The fraction of sp³-hybridized carbons (Fsp3) is 0.400. The molecule has 0 spiro atoms. The van der Waals surface area contributed by atoms with Gasteiger partial charge >= 0.3 is 6.03 Å². The molecule has 10 heteroatoms. The van der Waals surface area contributed by atoms with Crippen molar-refractivity contribution in [3.63, 3.8) is 0 Å². The highest BCUT2D eigenvalue weighted by molar-refractivity contribution is 7.89. The Labute approximate surface area is 205 Å². The predicted octanol–water partition coefficient (Wildman–Crippen LogP) is 3.36. The van der Waals surface area contributed by atoms with Crippen molar-refractivity contribution < 1.29 is 22.8 Å². The number of carbonyl (C=O) groups is 3. The van der Waals surface area contributed by atoms with Crippen LogP contribution in [0.5, 0.6) is 0 Å². The molecule has 2 fully saturated rings. The van der Waals surface area contributed by atoms with E-state index in [2.05, 4.69) is 5.32 Å². The van der Waals surface area contributed by atoms with Gasteiger partial charge in [0, 0.05) is 24.5 Å². The minimum absolute atomic E-state index is 0.171. The number of aryl methyl sites for hydroxylation is 1. The largest absolute Gasteiger partial charge is 0.332 e. The van der Waals surface area contributed by atoms with E-state index < -0.39 is 40.5 Å². The maximum Gasteiger partial charge on any atom is 0.332 e. The molecule has 2 aromatic carbocycles. The normalized spacial score (nSPS) is 19.7. The zero-order chi connectivity index (χ0) is 25.2. The summed E-state index contributed by atoms with van der Waals surface area (Å²) in [4.78, 5) is 40.7. The fourth-order valence-electron chi connectivity index (χ4n) is 4.40. The Morgan fingerprint density at radius 2 is 1.54 bits per heavy atom. The maximum atomic E-state index is 12.9. The van der Waals surface area contributed by atoms with Crippen molar-refractivity contribution in [3.8, 4) is 0 Å². The molecule has 9 nitrogen and oxygen atoms in total. The van der Waals surface area contributed by atoms with Crippen molar-refractivity contribution in [2.45, 2.75) is 50.5 Å². The molecule has 0 unspecified atom stereocenters. The number of rotatable bonds is 6. The summed E-state index contributed by atoms with van der Waals surface area (Å²) in [5.41, 5.74) is 2.00. The quantitative estimate of drug-likeness (QED) is 0.615. The molecule has 0 bridgehead atoms. The van der Waals surface area contributed by atoms with Crippen LogP contribution >= 0.6 is 0 Å². The standard InChI is InChI=1S/C25H30N4O5S/c1-18-7-11-21(12-8-18)29-19(2)24(31)28(25(29)32)17-23(30)26-20-9-13-22(14-10-20)35(33,34)27-15-5-3-4-6-16-27/h7-14,19H,3-6,15-17H2,1-2H3,(H,26,30)/t19-/m1/s1. The Kier molecular flexibility index (Phi) is 7.23. The van der Waals surface area contributed by atoms with Crippen LogP contribution in [0.4, 0.5) is 16.2 Å². The summed E-state index contributed by atoms with van der Waals surface area (Å²) in [5.74, 6) is -1.00. The van der Waals surface area contributed by atoms with Crippen LogP contribution in [0.15, 0.2) is 53.4 Å². The second kappa shape index (κ2) is 10.2. The number of hydrogen-bond donors (Lipinski definition) is 1. The van der Waals surface area contributed by atoms with E-state index >= 15 is 0 Å². The summed E-state index contributed by atoms with van der Waals surface area (Å²) < 4.78 is 27.4. The second-order valence-electron chi connectivity index (χ2n) is 8.98. The number of anilines is 2. The number of urea groups is 1. The van der Waals surface area contributed by atoms with Crippen molar-refractivity contribution in [1.29, 1.82) is 0 Å². The Hall–Kier alpha value is -3.24. The Bertz CT molecular complexity index is 1200. The van der Waals surface area contributed by atoms with Crippen LogP contribution in [0, 0.1) is 6.92 Å². The summed E-state index contributed by atoms with van der Waals surface area (Å²) in [6.07, 6.45) is 3.75. The minimum atomic E-state index is -3.59. The molecule has 4 rings (SSSR count). The first kappa shape index (κ1) is 24.9. The maximum absolute atomic E-state index is 12.9. The number of benzene rings is 2. The molecule has 0 aliphatic carbocycles. The van der Waals surface area contributed by atoms with Gasteiger partial charge in [-0.1, -0.05) is 30.5 Å². The van der Waals surface area contributed by atoms with Gasteiger partial charge in [0.15, 0.2) is 0 Å². The number of hydrogen-bond acceptors (Lipinski definition) is 5. The van der Waals surface area contributed by atoms with E-state index in [1.807, 2.05) is 19.1 Å². The van der Waals surface area contributed by atoms with Crippen molar-refractivity contribution in [2.75, 3.05) is 29.9 Å². The van der Waals surface area contributed by atoms with Gasteiger partial charge in [0.05, 0.1) is 4.90 Å². The minimum Gasteiger partial charge on any atom is -0.325 e. The van der Waals surface area contributed by atoms with Gasteiger partial charge < -0.3 is 5.32 Å². The number of amides is 4. The smallest absolute Gasteiger partial charge is 0.325 e. The highest BCUT2D eigenvalue weighted by Crippen LogP contribution is 2.26. The molecule has 2 aromatic rings. The SMILES string of the molecule is Cc1ccc(N2C(=O)N(CC(=O)Nc3ccc(S(=O)(=O)N4CCCCCC4)cc3)C(=O)[C@H]2C)cc1. The van der Waals surface area contributed by atoms with Gasteiger partial charge in [0.1, 0.15) is 12.6 Å². The van der Waals surface area contributed by atoms with Crippen molar-refractivity contribution in [3.05, 3.63) is 54.1 Å². The lowest BCUT2D eigenvalue weighted by molar-refractivity contribution is -0.130. The first-order valence-electron chi connectivity index (χ1n) is 11.8. The molecule has 2 saturated heterocycles. The van der Waals surface area contributed by atoms with Gasteiger partial charge in [-0.3, -0.25) is 19.4 Å². The average molecular weight is 499 g/mol. The molecular weight excluding hydrogens is 468 g/mol. The topological polar surface area (TPSA) is 107 Å². The lowest BCUT2D eigenvalue weighted by atomic mass is 10.2. The zero-order valence-electron chi connectivity index (χ0n) is 19.9. The third-order valence-corrected chi connectivity index (χ3v) is 8.32. The monoisotopic (exact) mass is 498 g/mol. The van der Waals surface area contributed by atoms with Crippen LogP contribution in [0.25, 0.3) is 0 Å². The molecule has 1 N–H and O–H groups in total. The Morgan fingerprint density at radius 3 is 2.14 bits per heavy atom. The molecule has 2 heterocycles. The molecule has 2 aliphatic heterocycles. The zero-order valence-corrected chi connectivity index (χ0v) is 20.8. The molecule has 0 saturated carbocycles. The first-order valence-corrected chi connectivity index (χ1v) is 13.2. The number of carbonyl (C=O) groups excluding carboxylic acids is 3. The van der Waals surface area contributed by atoms with Crippen LogP contribution in [0.2, 0.25) is 0 Å². The Balaban J connectivity index is 1.40. The van der Waals surface area contributed by atoms with E-state index in [1.165, 1.54) is 33.5 Å². The molecule has 186 valence electrons. The van der Waals surface area contributed by atoms with Crippen LogP contribution in [0.3, 0.4) is 0 Å². The molecule has 0 aromatic heterocycles. The summed E-state index contributed by atoms with van der Waals surface area (Å²) >= 11 is 0. The van der Waals surface area contributed by atoms with E-state index in [1.54, 1.807) is 19.1 Å². The second-order valence-corrected chi connectivity index (χ2v) is 10.9. The highest BCUT2D eigenvalue weighted by Gasteiger charge is 2.44. The van der Waals surface area contributed by atoms with Gasteiger partial charge in [-0.15, -0.1) is 0 Å². The third kappa shape index (κ3) is 5.23. The van der Waals surface area contributed by atoms with Crippen LogP contribution in [-0.4, -0.2) is 61.1 Å². The lowest BCUT2D eigenvalue weighted by Gasteiger charge is -2.20. The third-order valence-electron chi connectivity index (χ3n) is 6.40. The van der Waals surface area contributed by atoms with E-state index in [0.29, 0.717) is 24.5 Å². The van der Waals surface area contributed by atoms with Crippen molar-refractivity contribution >= 4 is 39.2 Å². The van der Waals surface area contributed by atoms with E-state index in [9.17, 15) is 22.8 Å². The fourth-order valence-corrected chi connectivity index (χ4v) is 5.91. The lowest BCUT2D eigenvalue weighted by Crippen LogP contribution is -2.39. The van der Waals surface area contributed by atoms with Gasteiger partial charge in [-0.2, -0.15) is 4.31 Å². The van der Waals surface area contributed by atoms with E-state index in [4.69, 9.17) is 0 Å². The molecular formula is C25H30N4O5S. The first-order chi connectivity index (χ1) is 16.7. The molecule has 35 heavy (non-hydrogen) atoms. The van der Waals surface area contributed by atoms with E-state index in [0.717, 1.165) is 36.1 Å². The predicted molar refractivity (Wildman–Crippen MR) is 133 cm³/mol. The molecule has 2 aliphatic rings. The van der Waals surface area contributed by atoms with Gasteiger partial charge in [-0.25, -0.2) is 13.2 Å². The molecule has 0 radical (unpaired) electrons.